The molecule has 104 valence electrons. The smallest absolute Gasteiger partial charge is 0.0417 e. The van der Waals surface area contributed by atoms with Crippen molar-refractivity contribution in [3.05, 3.63) is 0 Å². The van der Waals surface area contributed by atoms with Crippen LogP contribution in [0.3, 0.4) is 0 Å². The van der Waals surface area contributed by atoms with E-state index in [1.54, 1.807) is 0 Å². The molecule has 0 saturated heterocycles. The van der Waals surface area contributed by atoms with Gasteiger partial charge >= 0.3 is 0 Å². The van der Waals surface area contributed by atoms with Gasteiger partial charge in [0.15, 0.2) is 0 Å². The minimum absolute atomic E-state index is 1.01. The highest BCUT2D eigenvalue weighted by Crippen LogP contribution is 2.23. The van der Waals surface area contributed by atoms with E-state index in [2.05, 4.69) is 27.7 Å². The molecule has 0 aromatic carbocycles. The van der Waals surface area contributed by atoms with Crippen LogP contribution in [0.5, 0.6) is 0 Å². The first-order valence-electron chi connectivity index (χ1n) is 8.28. The van der Waals surface area contributed by atoms with Crippen molar-refractivity contribution in [2.24, 2.45) is 11.8 Å². The van der Waals surface area contributed by atoms with Crippen LogP contribution in [-0.2, 0) is 0 Å². The Bertz CT molecular complexity index is 139. The molecule has 2 atom stereocenters. The second-order valence-corrected chi connectivity index (χ2v) is 5.76. The first kappa shape index (κ1) is 17.0. The first-order valence-corrected chi connectivity index (χ1v) is 8.28. The molecule has 2 unspecified atom stereocenters. The van der Waals surface area contributed by atoms with Crippen LogP contribution in [0.4, 0.5) is 0 Å². The van der Waals surface area contributed by atoms with Gasteiger partial charge in [-0.1, -0.05) is 98.3 Å². The van der Waals surface area contributed by atoms with Crippen molar-refractivity contribution < 1.29 is 0 Å². The van der Waals surface area contributed by atoms with E-state index in [0.29, 0.717) is 0 Å². The van der Waals surface area contributed by atoms with Crippen LogP contribution in [0.1, 0.15) is 98.3 Å². The minimum atomic E-state index is 1.01. The standard InChI is InChI=1S/C17H36/c1-5-9-13-17(8-4)15-11-10-14-16(7-3)12-6-2/h16-17H,5-15H2,1-4H3. The zero-order valence-corrected chi connectivity index (χ0v) is 12.9. The molecule has 17 heavy (non-hydrogen) atoms. The fourth-order valence-corrected chi connectivity index (χ4v) is 2.87. The maximum absolute atomic E-state index is 2.37. The molecule has 0 nitrogen and oxygen atoms in total. The van der Waals surface area contributed by atoms with Gasteiger partial charge in [0, 0.05) is 0 Å². The van der Waals surface area contributed by atoms with Crippen LogP contribution in [0.2, 0.25) is 0 Å². The Balaban J connectivity index is 3.52. The molecule has 0 heterocycles. The van der Waals surface area contributed by atoms with Crippen LogP contribution < -0.4 is 0 Å². The Morgan fingerprint density at radius 1 is 0.529 bits per heavy atom. The Hall–Kier alpha value is 0. The lowest BCUT2D eigenvalue weighted by Gasteiger charge is -2.16. The lowest BCUT2D eigenvalue weighted by molar-refractivity contribution is 0.370. The highest BCUT2D eigenvalue weighted by Gasteiger charge is 2.07. The van der Waals surface area contributed by atoms with Crippen LogP contribution in [0, 0.1) is 11.8 Å². The molecule has 0 aliphatic heterocycles. The van der Waals surface area contributed by atoms with Crippen LogP contribution in [0.15, 0.2) is 0 Å². The third kappa shape index (κ3) is 9.68. The van der Waals surface area contributed by atoms with Crippen LogP contribution >= 0.6 is 0 Å². The Labute approximate surface area is 111 Å². The van der Waals surface area contributed by atoms with Gasteiger partial charge in [-0.25, -0.2) is 0 Å². The second-order valence-electron chi connectivity index (χ2n) is 5.76. The summed E-state index contributed by atoms with van der Waals surface area (Å²) >= 11 is 0. The van der Waals surface area contributed by atoms with E-state index >= 15 is 0 Å². The maximum atomic E-state index is 2.37. The van der Waals surface area contributed by atoms with Gasteiger partial charge in [0.2, 0.25) is 0 Å². The molecule has 0 aliphatic carbocycles. The fourth-order valence-electron chi connectivity index (χ4n) is 2.87. The highest BCUT2D eigenvalue weighted by molar-refractivity contribution is 4.61. The maximum Gasteiger partial charge on any atom is -0.0417 e. The number of hydrogen-bond acceptors (Lipinski definition) is 0. The molecule has 0 rings (SSSR count). The van der Waals surface area contributed by atoms with Crippen molar-refractivity contribution in [1.29, 1.82) is 0 Å². The summed E-state index contributed by atoms with van der Waals surface area (Å²) in [5.41, 5.74) is 0. The van der Waals surface area contributed by atoms with E-state index in [1.165, 1.54) is 70.6 Å². The molecule has 0 spiro atoms. The largest absolute Gasteiger partial charge is 0.0654 e. The minimum Gasteiger partial charge on any atom is -0.0654 e. The predicted octanol–water partition coefficient (Wildman–Crippen LogP) is 6.59. The molecule has 0 aromatic rings. The first-order chi connectivity index (χ1) is 8.28. The molecular weight excluding hydrogens is 204 g/mol. The lowest BCUT2D eigenvalue weighted by Crippen LogP contribution is -2.01. The molecule has 0 N–H and O–H groups in total. The van der Waals surface area contributed by atoms with Crippen molar-refractivity contribution >= 4 is 0 Å². The molecule has 0 aromatic heterocycles. The normalized spacial score (nSPS) is 14.8. The zero-order valence-electron chi connectivity index (χ0n) is 12.9. The molecule has 0 fully saturated rings. The summed E-state index contributed by atoms with van der Waals surface area (Å²) in [5, 5.41) is 0. The summed E-state index contributed by atoms with van der Waals surface area (Å²) in [6, 6.07) is 0. The molecule has 0 radical (unpaired) electrons. The van der Waals surface area contributed by atoms with E-state index in [1.807, 2.05) is 0 Å². The van der Waals surface area contributed by atoms with E-state index in [0.717, 1.165) is 11.8 Å². The highest BCUT2D eigenvalue weighted by atomic mass is 14.1. The lowest BCUT2D eigenvalue weighted by atomic mass is 9.90. The van der Waals surface area contributed by atoms with E-state index in [9.17, 15) is 0 Å². The summed E-state index contributed by atoms with van der Waals surface area (Å²) in [7, 11) is 0. The van der Waals surface area contributed by atoms with E-state index in [-0.39, 0.29) is 0 Å². The topological polar surface area (TPSA) is 0 Å². The number of hydrogen-bond donors (Lipinski definition) is 0. The van der Waals surface area contributed by atoms with Crippen molar-refractivity contribution in [2.45, 2.75) is 98.3 Å². The molecule has 0 saturated carbocycles. The van der Waals surface area contributed by atoms with Gasteiger partial charge in [0.05, 0.1) is 0 Å². The number of unbranched alkanes of at least 4 members (excludes halogenated alkanes) is 2. The zero-order chi connectivity index (χ0) is 12.9. The summed E-state index contributed by atoms with van der Waals surface area (Å²) in [6.07, 6.45) is 15.8. The molecule has 0 aliphatic rings. The van der Waals surface area contributed by atoms with Crippen molar-refractivity contribution in [3.8, 4) is 0 Å². The molecular formula is C17H36. The summed E-state index contributed by atoms with van der Waals surface area (Å²) in [4.78, 5) is 0. The third-order valence-corrected chi connectivity index (χ3v) is 4.29. The summed E-state index contributed by atoms with van der Waals surface area (Å²) in [6.45, 7) is 9.35. The van der Waals surface area contributed by atoms with Crippen molar-refractivity contribution in [1.82, 2.24) is 0 Å². The Morgan fingerprint density at radius 3 is 1.41 bits per heavy atom. The summed E-state index contributed by atoms with van der Waals surface area (Å²) < 4.78 is 0. The van der Waals surface area contributed by atoms with Crippen LogP contribution in [0.25, 0.3) is 0 Å². The average Bonchev–Trinajstić information content (AvgIpc) is 2.36. The summed E-state index contributed by atoms with van der Waals surface area (Å²) in [5.74, 6) is 2.02. The van der Waals surface area contributed by atoms with Gasteiger partial charge in [-0.05, 0) is 11.8 Å². The van der Waals surface area contributed by atoms with Crippen molar-refractivity contribution in [2.75, 3.05) is 0 Å². The van der Waals surface area contributed by atoms with E-state index < -0.39 is 0 Å². The van der Waals surface area contributed by atoms with Gasteiger partial charge in [-0.2, -0.15) is 0 Å². The average molecular weight is 240 g/mol. The predicted molar refractivity (Wildman–Crippen MR) is 80.5 cm³/mol. The van der Waals surface area contributed by atoms with Crippen LogP contribution in [-0.4, -0.2) is 0 Å². The fraction of sp³-hybridized carbons (Fsp3) is 1.00. The van der Waals surface area contributed by atoms with Gasteiger partial charge in [0.25, 0.3) is 0 Å². The van der Waals surface area contributed by atoms with Crippen molar-refractivity contribution in [3.63, 3.8) is 0 Å². The number of rotatable bonds is 12. The van der Waals surface area contributed by atoms with Gasteiger partial charge in [0.1, 0.15) is 0 Å². The molecule has 0 heteroatoms. The Kier molecular flexibility index (Phi) is 12.5. The SMILES string of the molecule is CCCCC(CC)CCCCC(CC)CCC. The monoisotopic (exact) mass is 240 g/mol. The van der Waals surface area contributed by atoms with Gasteiger partial charge in [-0.3, -0.25) is 0 Å². The molecule has 0 amide bonds. The second kappa shape index (κ2) is 12.5. The molecule has 0 bridgehead atoms. The van der Waals surface area contributed by atoms with E-state index in [4.69, 9.17) is 0 Å². The third-order valence-electron chi connectivity index (χ3n) is 4.29. The van der Waals surface area contributed by atoms with Gasteiger partial charge < -0.3 is 0 Å². The Morgan fingerprint density at radius 2 is 1.00 bits per heavy atom. The quantitative estimate of drug-likeness (QED) is 0.338. The van der Waals surface area contributed by atoms with Gasteiger partial charge in [-0.15, -0.1) is 0 Å².